The van der Waals surface area contributed by atoms with Crippen LogP contribution < -0.4 is 9.47 Å². The summed E-state index contributed by atoms with van der Waals surface area (Å²) in [7, 11) is 1.69. The summed E-state index contributed by atoms with van der Waals surface area (Å²) in [4.78, 5) is 11.9. The molecule has 3 atom stereocenters. The molecule has 1 heterocycles. The first kappa shape index (κ1) is 15.4. The van der Waals surface area contributed by atoms with E-state index < -0.39 is 0 Å². The van der Waals surface area contributed by atoms with Gasteiger partial charge in [-0.15, -0.1) is 0 Å². The second-order valence-electron chi connectivity index (χ2n) is 6.79. The van der Waals surface area contributed by atoms with Crippen molar-refractivity contribution in [3.63, 3.8) is 0 Å². The fourth-order valence-corrected chi connectivity index (χ4v) is 4.02. The average Bonchev–Trinajstić information content (AvgIpc) is 2.53. The van der Waals surface area contributed by atoms with E-state index >= 15 is 0 Å². The second kappa shape index (κ2) is 6.72. The van der Waals surface area contributed by atoms with Gasteiger partial charge in [0.2, 0.25) is 0 Å². The molecule has 1 aliphatic heterocycles. The van der Waals surface area contributed by atoms with E-state index in [1.807, 2.05) is 12.1 Å². The highest BCUT2D eigenvalue weighted by Gasteiger charge is 2.34. The van der Waals surface area contributed by atoms with Crippen molar-refractivity contribution in [2.75, 3.05) is 13.7 Å². The molecule has 1 fully saturated rings. The molecule has 0 N–H and O–H groups in total. The summed E-state index contributed by atoms with van der Waals surface area (Å²) >= 11 is 0. The molecule has 3 unspecified atom stereocenters. The number of ketones is 1. The van der Waals surface area contributed by atoms with Crippen molar-refractivity contribution in [1.82, 2.24) is 0 Å². The van der Waals surface area contributed by atoms with Gasteiger partial charge in [0.15, 0.2) is 0 Å². The number of carbonyl (C=O) groups is 1. The number of Topliss-reactive ketones (excluding diaryl/α,β-unsaturated/α-hetero) is 1. The van der Waals surface area contributed by atoms with Gasteiger partial charge >= 0.3 is 0 Å². The van der Waals surface area contributed by atoms with Gasteiger partial charge in [0.25, 0.3) is 0 Å². The highest BCUT2D eigenvalue weighted by Crippen LogP contribution is 2.45. The van der Waals surface area contributed by atoms with Crippen LogP contribution in [0.5, 0.6) is 11.5 Å². The van der Waals surface area contributed by atoms with E-state index in [4.69, 9.17) is 9.47 Å². The van der Waals surface area contributed by atoms with Gasteiger partial charge in [-0.2, -0.15) is 0 Å². The number of benzene rings is 1. The molecular formula is C19H26O3. The van der Waals surface area contributed by atoms with Gasteiger partial charge in [0.05, 0.1) is 13.7 Å². The lowest BCUT2D eigenvalue weighted by Crippen LogP contribution is -2.31. The van der Waals surface area contributed by atoms with Crippen molar-refractivity contribution in [3.8, 4) is 11.5 Å². The van der Waals surface area contributed by atoms with Crippen LogP contribution in [0.4, 0.5) is 0 Å². The Morgan fingerprint density at radius 3 is 2.73 bits per heavy atom. The average molecular weight is 302 g/mol. The van der Waals surface area contributed by atoms with Crippen molar-refractivity contribution < 1.29 is 14.3 Å². The minimum atomic E-state index is 0.438. The largest absolute Gasteiger partial charge is 0.497 e. The van der Waals surface area contributed by atoms with Crippen molar-refractivity contribution in [3.05, 3.63) is 23.8 Å². The van der Waals surface area contributed by atoms with Crippen molar-refractivity contribution in [2.45, 2.75) is 51.4 Å². The number of fused-ring (bicyclic) bond motifs is 3. The fourth-order valence-electron chi connectivity index (χ4n) is 4.02. The van der Waals surface area contributed by atoms with Crippen LogP contribution in [0.1, 0.15) is 56.9 Å². The summed E-state index contributed by atoms with van der Waals surface area (Å²) in [6.07, 6.45) is 5.74. The minimum absolute atomic E-state index is 0.438. The second-order valence-corrected chi connectivity index (χ2v) is 6.79. The molecule has 3 nitrogen and oxygen atoms in total. The lowest BCUT2D eigenvalue weighted by molar-refractivity contribution is -0.119. The third-order valence-electron chi connectivity index (χ3n) is 5.39. The summed E-state index contributed by atoms with van der Waals surface area (Å²) < 4.78 is 11.4. The molecule has 0 amide bonds. The number of ether oxygens (including phenoxy) is 2. The van der Waals surface area contributed by atoms with E-state index in [0.717, 1.165) is 56.6 Å². The molecule has 1 saturated carbocycles. The molecule has 0 radical (unpaired) electrons. The molecule has 0 bridgehead atoms. The lowest BCUT2D eigenvalue weighted by atomic mass is 9.72. The molecule has 3 rings (SSSR count). The van der Waals surface area contributed by atoms with Gasteiger partial charge in [-0.25, -0.2) is 0 Å². The summed E-state index contributed by atoms with van der Waals surface area (Å²) in [5.74, 6) is 3.93. The van der Waals surface area contributed by atoms with E-state index in [-0.39, 0.29) is 0 Å². The van der Waals surface area contributed by atoms with E-state index in [1.165, 1.54) is 5.56 Å². The summed E-state index contributed by atoms with van der Waals surface area (Å²) in [5.41, 5.74) is 1.30. The summed E-state index contributed by atoms with van der Waals surface area (Å²) in [5, 5.41) is 0. The first-order valence-corrected chi connectivity index (χ1v) is 8.51. The normalized spacial score (nSPS) is 29.0. The third kappa shape index (κ3) is 3.13. The zero-order chi connectivity index (χ0) is 15.5. The monoisotopic (exact) mass is 302 g/mol. The molecular weight excluding hydrogens is 276 g/mol. The predicted octanol–water partition coefficient (Wildman–Crippen LogP) is 4.35. The quantitative estimate of drug-likeness (QED) is 0.774. The maximum atomic E-state index is 11.9. The van der Waals surface area contributed by atoms with Crippen molar-refractivity contribution >= 4 is 5.78 Å². The number of hydrogen-bond acceptors (Lipinski definition) is 3. The smallest absolute Gasteiger partial charge is 0.132 e. The molecule has 0 aromatic heterocycles. The Balaban J connectivity index is 1.87. The number of carbonyl (C=O) groups excluding carboxylic acids is 1. The van der Waals surface area contributed by atoms with Gasteiger partial charge < -0.3 is 9.47 Å². The Bertz CT molecular complexity index is 537. The fraction of sp³-hybridized carbons (Fsp3) is 0.632. The van der Waals surface area contributed by atoms with Crippen molar-refractivity contribution in [1.29, 1.82) is 0 Å². The topological polar surface area (TPSA) is 35.5 Å². The van der Waals surface area contributed by atoms with Crippen LogP contribution in [-0.4, -0.2) is 19.5 Å². The van der Waals surface area contributed by atoms with Crippen LogP contribution in [0.15, 0.2) is 18.2 Å². The maximum Gasteiger partial charge on any atom is 0.132 e. The van der Waals surface area contributed by atoms with E-state index in [0.29, 0.717) is 23.5 Å². The van der Waals surface area contributed by atoms with Gasteiger partial charge in [0, 0.05) is 24.8 Å². The predicted molar refractivity (Wildman–Crippen MR) is 86.6 cm³/mol. The summed E-state index contributed by atoms with van der Waals surface area (Å²) in [6, 6.07) is 6.19. The third-order valence-corrected chi connectivity index (χ3v) is 5.39. The van der Waals surface area contributed by atoms with Crippen LogP contribution in [-0.2, 0) is 4.79 Å². The molecule has 0 saturated heterocycles. The highest BCUT2D eigenvalue weighted by atomic mass is 16.5. The Hall–Kier alpha value is -1.51. The Morgan fingerprint density at radius 2 is 1.95 bits per heavy atom. The molecule has 1 aromatic carbocycles. The Morgan fingerprint density at radius 1 is 1.18 bits per heavy atom. The van der Waals surface area contributed by atoms with Crippen LogP contribution in [0.2, 0.25) is 0 Å². The zero-order valence-corrected chi connectivity index (χ0v) is 13.6. The summed E-state index contributed by atoms with van der Waals surface area (Å²) in [6.45, 7) is 3.11. The first-order valence-electron chi connectivity index (χ1n) is 8.51. The molecule has 120 valence electrons. The van der Waals surface area contributed by atoms with Crippen LogP contribution in [0, 0.1) is 11.8 Å². The Labute approximate surface area is 133 Å². The molecule has 22 heavy (non-hydrogen) atoms. The molecule has 1 aromatic rings. The molecule has 2 aliphatic rings. The van der Waals surface area contributed by atoms with E-state index in [9.17, 15) is 4.79 Å². The Kier molecular flexibility index (Phi) is 4.70. The molecule has 3 heteroatoms. The molecule has 1 aliphatic carbocycles. The number of hydrogen-bond donors (Lipinski definition) is 0. The van der Waals surface area contributed by atoms with Gasteiger partial charge in [-0.05, 0) is 49.1 Å². The van der Waals surface area contributed by atoms with Gasteiger partial charge in [0.1, 0.15) is 17.3 Å². The van der Waals surface area contributed by atoms with Crippen LogP contribution in [0.3, 0.4) is 0 Å². The van der Waals surface area contributed by atoms with E-state index in [2.05, 4.69) is 13.0 Å². The maximum absolute atomic E-state index is 11.9. The van der Waals surface area contributed by atoms with Gasteiger partial charge in [-0.3, -0.25) is 4.79 Å². The van der Waals surface area contributed by atoms with Crippen LogP contribution in [0.25, 0.3) is 0 Å². The number of methoxy groups -OCH3 is 1. The zero-order valence-electron chi connectivity index (χ0n) is 13.6. The number of rotatable bonds is 1. The van der Waals surface area contributed by atoms with Crippen LogP contribution >= 0.6 is 0 Å². The first-order chi connectivity index (χ1) is 10.7. The standard InChI is InChI=1S/C19H26O3/c1-13-5-3-6-14(20)7-4-8-16-17-10-9-15(21-2)11-19(17)22-12-18(13)16/h9-11,13,16,18H,3-8,12H2,1-2H3. The molecule has 0 spiro atoms. The van der Waals surface area contributed by atoms with Crippen molar-refractivity contribution in [2.24, 2.45) is 11.8 Å². The van der Waals surface area contributed by atoms with E-state index in [1.54, 1.807) is 7.11 Å². The SMILES string of the molecule is COc1ccc2c(c1)OCC1C(C)CCCC(=O)CCCC21. The van der Waals surface area contributed by atoms with Gasteiger partial charge in [-0.1, -0.05) is 13.0 Å². The lowest BCUT2D eigenvalue weighted by Gasteiger charge is -2.38. The minimum Gasteiger partial charge on any atom is -0.497 e. The highest BCUT2D eigenvalue weighted by molar-refractivity contribution is 5.78.